The van der Waals surface area contributed by atoms with Gasteiger partial charge in [0.15, 0.2) is 0 Å². The molecule has 144 valence electrons. The molecule has 0 aliphatic carbocycles. The van der Waals surface area contributed by atoms with Gasteiger partial charge in [0, 0.05) is 30.4 Å². The number of hydrogen-bond donors (Lipinski definition) is 0. The van der Waals surface area contributed by atoms with Crippen molar-refractivity contribution < 1.29 is 4.74 Å². The van der Waals surface area contributed by atoms with Crippen LogP contribution in [0.4, 0.5) is 0 Å². The number of allylic oxidation sites excluding steroid dienone is 1. The molecule has 0 bridgehead atoms. The van der Waals surface area contributed by atoms with Crippen LogP contribution in [0, 0.1) is 5.92 Å². The predicted octanol–water partition coefficient (Wildman–Crippen LogP) is 5.58. The molecule has 0 fully saturated rings. The van der Waals surface area contributed by atoms with E-state index in [4.69, 9.17) is 4.74 Å². The fourth-order valence-electron chi connectivity index (χ4n) is 3.10. The Morgan fingerprint density at radius 1 is 1.19 bits per heavy atom. The first-order chi connectivity index (χ1) is 13.1. The van der Waals surface area contributed by atoms with Crippen molar-refractivity contribution in [1.29, 1.82) is 0 Å². The molecule has 4 heteroatoms. The maximum atomic E-state index is 12.8. The molecule has 0 radical (unpaired) electrons. The van der Waals surface area contributed by atoms with Gasteiger partial charge in [0.1, 0.15) is 5.75 Å². The van der Waals surface area contributed by atoms with E-state index >= 15 is 0 Å². The number of ether oxygens (including phenoxy) is 1. The molecule has 2 heterocycles. The van der Waals surface area contributed by atoms with Gasteiger partial charge in [0.05, 0.1) is 17.5 Å². The van der Waals surface area contributed by atoms with E-state index < -0.39 is 0 Å². The quantitative estimate of drug-likeness (QED) is 0.312. The van der Waals surface area contributed by atoms with Crippen molar-refractivity contribution >= 4 is 21.7 Å². The molecule has 3 aromatic rings. The van der Waals surface area contributed by atoms with Crippen molar-refractivity contribution in [3.63, 3.8) is 0 Å². The summed E-state index contributed by atoms with van der Waals surface area (Å²) in [6.45, 7) is 13.3. The minimum atomic E-state index is -0.0487. The Balaban J connectivity index is 0.00000126. The lowest BCUT2D eigenvalue weighted by Gasteiger charge is -2.13. The van der Waals surface area contributed by atoms with Gasteiger partial charge in [-0.15, -0.1) is 6.58 Å². The summed E-state index contributed by atoms with van der Waals surface area (Å²) in [4.78, 5) is 16.9. The van der Waals surface area contributed by atoms with Gasteiger partial charge in [-0.25, -0.2) is 0 Å². The van der Waals surface area contributed by atoms with Crippen LogP contribution < -0.4 is 10.3 Å². The average molecular weight is 367 g/mol. The van der Waals surface area contributed by atoms with Crippen LogP contribution in [0.1, 0.15) is 40.5 Å². The lowest BCUT2D eigenvalue weighted by molar-refractivity contribution is 0.298. The summed E-state index contributed by atoms with van der Waals surface area (Å²) < 4.78 is 7.63. The van der Waals surface area contributed by atoms with Gasteiger partial charge in [-0.3, -0.25) is 9.78 Å². The highest BCUT2D eigenvalue weighted by atomic mass is 16.5. The summed E-state index contributed by atoms with van der Waals surface area (Å²) in [7, 11) is 0. The largest absolute Gasteiger partial charge is 0.494 e. The molecule has 1 aromatic carbocycles. The molecule has 3 rings (SSSR count). The van der Waals surface area contributed by atoms with E-state index in [1.54, 1.807) is 23.0 Å². The zero-order valence-corrected chi connectivity index (χ0v) is 16.9. The zero-order chi connectivity index (χ0) is 19.8. The molecule has 0 saturated carbocycles. The highest BCUT2D eigenvalue weighted by Gasteiger charge is 2.11. The molecule has 0 atom stereocenters. The summed E-state index contributed by atoms with van der Waals surface area (Å²) >= 11 is 0. The molecule has 0 N–H and O–H groups in total. The number of pyridine rings is 2. The Hall–Kier alpha value is -2.62. The van der Waals surface area contributed by atoms with Crippen LogP contribution in [0.25, 0.3) is 21.7 Å². The van der Waals surface area contributed by atoms with Crippen molar-refractivity contribution in [1.82, 2.24) is 9.55 Å². The second-order valence-electron chi connectivity index (χ2n) is 6.69. The molecule has 27 heavy (non-hydrogen) atoms. The fourth-order valence-corrected chi connectivity index (χ4v) is 3.10. The smallest absolute Gasteiger partial charge is 0.260 e. The minimum absolute atomic E-state index is 0.0487. The molecular weight excluding hydrogens is 336 g/mol. The molecule has 2 aromatic heterocycles. The minimum Gasteiger partial charge on any atom is -0.494 e. The standard InChI is InChI=1S/C21H24N2O2.C2H6/c1-4-11-23-20-13-16(25-12-5-6-15(2)3)7-8-18(20)17-9-10-22-14-19(17)21(23)24;1-2/h4,7-10,13-15H,1,5-6,11-12H2,2-3H3;1-2H3. The SMILES string of the molecule is C=CCn1c(=O)c2cnccc2c2ccc(OCCCC(C)C)cc21.CC. The van der Waals surface area contributed by atoms with Gasteiger partial charge in [0.2, 0.25) is 0 Å². The molecule has 0 spiro atoms. The Morgan fingerprint density at radius 2 is 1.96 bits per heavy atom. The van der Waals surface area contributed by atoms with Crippen molar-refractivity contribution in [3.05, 3.63) is 59.7 Å². The second kappa shape index (κ2) is 9.91. The molecular formula is C23H30N2O2. The summed E-state index contributed by atoms with van der Waals surface area (Å²) in [5, 5.41) is 2.57. The zero-order valence-electron chi connectivity index (χ0n) is 16.9. The molecule has 0 saturated heterocycles. The third kappa shape index (κ3) is 4.76. The third-order valence-corrected chi connectivity index (χ3v) is 4.35. The molecule has 0 amide bonds. The Kier molecular flexibility index (Phi) is 7.59. The number of nitrogens with zero attached hydrogens (tertiary/aromatic N) is 2. The normalized spacial score (nSPS) is 10.7. The maximum absolute atomic E-state index is 12.8. The van der Waals surface area contributed by atoms with Crippen molar-refractivity contribution in [3.8, 4) is 5.75 Å². The Bertz CT molecular complexity index is 958. The molecule has 0 aliphatic heterocycles. The average Bonchev–Trinajstić information content (AvgIpc) is 2.70. The predicted molar refractivity (Wildman–Crippen MR) is 115 cm³/mol. The number of benzene rings is 1. The van der Waals surface area contributed by atoms with Crippen LogP contribution in [-0.4, -0.2) is 16.2 Å². The maximum Gasteiger partial charge on any atom is 0.260 e. The van der Waals surface area contributed by atoms with E-state index in [2.05, 4.69) is 25.4 Å². The fraction of sp³-hybridized carbons (Fsp3) is 0.391. The van der Waals surface area contributed by atoms with E-state index in [0.717, 1.165) is 34.9 Å². The van der Waals surface area contributed by atoms with Gasteiger partial charge in [-0.2, -0.15) is 0 Å². The summed E-state index contributed by atoms with van der Waals surface area (Å²) in [6.07, 6.45) is 7.26. The van der Waals surface area contributed by atoms with Crippen molar-refractivity contribution in [2.75, 3.05) is 6.61 Å². The van der Waals surface area contributed by atoms with Gasteiger partial charge in [0.25, 0.3) is 5.56 Å². The number of hydrogen-bond acceptors (Lipinski definition) is 3. The summed E-state index contributed by atoms with van der Waals surface area (Å²) in [6, 6.07) is 7.84. The number of rotatable bonds is 7. The molecule has 4 nitrogen and oxygen atoms in total. The van der Waals surface area contributed by atoms with E-state index in [1.165, 1.54) is 0 Å². The van der Waals surface area contributed by atoms with Crippen LogP contribution in [0.3, 0.4) is 0 Å². The van der Waals surface area contributed by atoms with Gasteiger partial charge in [-0.1, -0.05) is 33.8 Å². The van der Waals surface area contributed by atoms with Gasteiger partial charge in [-0.05, 0) is 42.3 Å². The monoisotopic (exact) mass is 366 g/mol. The van der Waals surface area contributed by atoms with Crippen LogP contribution in [0.2, 0.25) is 0 Å². The lowest BCUT2D eigenvalue weighted by Crippen LogP contribution is -2.20. The topological polar surface area (TPSA) is 44.1 Å². The second-order valence-corrected chi connectivity index (χ2v) is 6.69. The lowest BCUT2D eigenvalue weighted by atomic mass is 10.1. The summed E-state index contributed by atoms with van der Waals surface area (Å²) in [5.74, 6) is 1.47. The Labute approximate surface area is 161 Å². The Morgan fingerprint density at radius 3 is 2.67 bits per heavy atom. The van der Waals surface area contributed by atoms with Crippen molar-refractivity contribution in [2.45, 2.75) is 47.1 Å². The van der Waals surface area contributed by atoms with Gasteiger partial charge < -0.3 is 9.30 Å². The first-order valence-corrected chi connectivity index (χ1v) is 9.75. The van der Waals surface area contributed by atoms with E-state index in [-0.39, 0.29) is 5.56 Å². The first-order valence-electron chi connectivity index (χ1n) is 9.75. The van der Waals surface area contributed by atoms with Gasteiger partial charge >= 0.3 is 0 Å². The van der Waals surface area contributed by atoms with E-state index in [9.17, 15) is 4.79 Å². The molecule has 0 aliphatic rings. The highest BCUT2D eigenvalue weighted by Crippen LogP contribution is 2.26. The third-order valence-electron chi connectivity index (χ3n) is 4.35. The van der Waals surface area contributed by atoms with Crippen LogP contribution in [-0.2, 0) is 6.54 Å². The highest BCUT2D eigenvalue weighted by molar-refractivity contribution is 6.05. The van der Waals surface area contributed by atoms with Crippen LogP contribution in [0.15, 0.2) is 54.1 Å². The van der Waals surface area contributed by atoms with E-state index in [0.29, 0.717) is 24.5 Å². The van der Waals surface area contributed by atoms with Crippen molar-refractivity contribution in [2.24, 2.45) is 5.92 Å². The summed E-state index contributed by atoms with van der Waals surface area (Å²) in [5.41, 5.74) is 0.817. The van der Waals surface area contributed by atoms with E-state index in [1.807, 2.05) is 38.1 Å². The number of fused-ring (bicyclic) bond motifs is 3. The van der Waals surface area contributed by atoms with Crippen LogP contribution >= 0.6 is 0 Å². The first kappa shape index (κ1) is 20.7. The molecule has 0 unspecified atom stereocenters. The number of aromatic nitrogens is 2. The van der Waals surface area contributed by atoms with Crippen LogP contribution in [0.5, 0.6) is 5.75 Å².